The molecule has 2 aliphatic rings. The van der Waals surface area contributed by atoms with Gasteiger partial charge in [-0.3, -0.25) is 9.59 Å². The molecule has 1 aromatic carbocycles. The quantitative estimate of drug-likeness (QED) is 0.897. The minimum Gasteiger partial charge on any atom is -0.369 e. The van der Waals surface area contributed by atoms with Crippen molar-refractivity contribution in [1.29, 1.82) is 0 Å². The van der Waals surface area contributed by atoms with Crippen LogP contribution in [0.4, 0.5) is 0 Å². The normalized spacial score (nSPS) is 25.3. The topological polar surface area (TPSA) is 72.2 Å². The zero-order valence-electron chi connectivity index (χ0n) is 12.9. The molecule has 1 aromatic rings. The highest BCUT2D eigenvalue weighted by Crippen LogP contribution is 2.36. The lowest BCUT2D eigenvalue weighted by atomic mass is 9.80. The Balaban J connectivity index is 1.58. The lowest BCUT2D eigenvalue weighted by molar-refractivity contribution is -0.122. The molecule has 0 saturated heterocycles. The van der Waals surface area contributed by atoms with Crippen molar-refractivity contribution in [3.63, 3.8) is 0 Å². The van der Waals surface area contributed by atoms with Gasteiger partial charge in [-0.2, -0.15) is 0 Å². The molecule has 2 fully saturated rings. The van der Waals surface area contributed by atoms with E-state index in [1.54, 1.807) is 0 Å². The Morgan fingerprint density at radius 3 is 2.27 bits per heavy atom. The van der Waals surface area contributed by atoms with Crippen molar-refractivity contribution in [2.45, 2.75) is 56.9 Å². The van der Waals surface area contributed by atoms with Crippen molar-refractivity contribution < 1.29 is 9.59 Å². The second kappa shape index (κ2) is 6.51. The maximum Gasteiger partial charge on any atom is 0.251 e. The second-order valence-electron chi connectivity index (χ2n) is 6.69. The van der Waals surface area contributed by atoms with Crippen LogP contribution in [-0.2, 0) is 4.79 Å². The Morgan fingerprint density at radius 1 is 1.00 bits per heavy atom. The first-order chi connectivity index (χ1) is 10.6. The van der Waals surface area contributed by atoms with Gasteiger partial charge in [-0.05, 0) is 55.7 Å². The van der Waals surface area contributed by atoms with E-state index in [0.717, 1.165) is 19.3 Å². The molecule has 2 amide bonds. The van der Waals surface area contributed by atoms with Crippen LogP contribution in [0.5, 0.6) is 0 Å². The zero-order valence-corrected chi connectivity index (χ0v) is 12.9. The summed E-state index contributed by atoms with van der Waals surface area (Å²) in [6.45, 7) is 0. The average Bonchev–Trinajstić information content (AvgIpc) is 2.46. The van der Waals surface area contributed by atoms with Gasteiger partial charge in [0.05, 0.1) is 0 Å². The summed E-state index contributed by atoms with van der Waals surface area (Å²) in [6, 6.07) is 8.04. The SMILES string of the molecule is NC(=O)C1CCCC(NC(=O)c2ccc(C3CCC3)cc2)C1. The molecule has 4 nitrogen and oxygen atoms in total. The second-order valence-corrected chi connectivity index (χ2v) is 6.69. The molecule has 4 heteroatoms. The number of hydrogen-bond acceptors (Lipinski definition) is 2. The van der Waals surface area contributed by atoms with Crippen LogP contribution < -0.4 is 11.1 Å². The van der Waals surface area contributed by atoms with E-state index in [0.29, 0.717) is 17.9 Å². The number of carbonyl (C=O) groups is 2. The molecule has 3 rings (SSSR count). The monoisotopic (exact) mass is 300 g/mol. The molecule has 0 heterocycles. The summed E-state index contributed by atoms with van der Waals surface area (Å²) in [5, 5.41) is 3.05. The van der Waals surface area contributed by atoms with Crippen molar-refractivity contribution in [3.05, 3.63) is 35.4 Å². The van der Waals surface area contributed by atoms with Crippen LogP contribution in [-0.4, -0.2) is 17.9 Å². The Kier molecular flexibility index (Phi) is 4.46. The van der Waals surface area contributed by atoms with Crippen LogP contribution >= 0.6 is 0 Å². The number of amides is 2. The molecule has 0 bridgehead atoms. The first-order valence-electron chi connectivity index (χ1n) is 8.33. The van der Waals surface area contributed by atoms with Gasteiger partial charge in [0.2, 0.25) is 5.91 Å². The van der Waals surface area contributed by atoms with Crippen LogP contribution in [0.1, 0.15) is 66.8 Å². The molecular formula is C18H24N2O2. The molecule has 2 saturated carbocycles. The standard InChI is InChI=1S/C18H24N2O2/c19-17(21)15-5-2-6-16(11-15)20-18(22)14-9-7-13(8-10-14)12-3-1-4-12/h7-10,12,15-16H,1-6,11H2,(H2,19,21)(H,20,22). The summed E-state index contributed by atoms with van der Waals surface area (Å²) in [5.41, 5.74) is 7.42. The van der Waals surface area contributed by atoms with Crippen molar-refractivity contribution in [3.8, 4) is 0 Å². The van der Waals surface area contributed by atoms with Crippen LogP contribution in [0.25, 0.3) is 0 Å². The third kappa shape index (κ3) is 3.32. The molecule has 3 N–H and O–H groups in total. The van der Waals surface area contributed by atoms with Gasteiger partial charge in [-0.25, -0.2) is 0 Å². The number of rotatable bonds is 4. The number of carbonyl (C=O) groups excluding carboxylic acids is 2. The van der Waals surface area contributed by atoms with Gasteiger partial charge in [-0.15, -0.1) is 0 Å². The lowest BCUT2D eigenvalue weighted by Gasteiger charge is -2.28. The lowest BCUT2D eigenvalue weighted by Crippen LogP contribution is -2.41. The van der Waals surface area contributed by atoms with E-state index < -0.39 is 0 Å². The Hall–Kier alpha value is -1.84. The largest absolute Gasteiger partial charge is 0.369 e. The molecule has 2 atom stereocenters. The van der Waals surface area contributed by atoms with E-state index in [9.17, 15) is 9.59 Å². The molecule has 0 aliphatic heterocycles. The maximum atomic E-state index is 12.3. The molecule has 2 aliphatic carbocycles. The Labute approximate surface area is 131 Å². The molecule has 0 radical (unpaired) electrons. The van der Waals surface area contributed by atoms with Gasteiger partial charge in [0.15, 0.2) is 0 Å². The van der Waals surface area contributed by atoms with Crippen LogP contribution in [0.3, 0.4) is 0 Å². The van der Waals surface area contributed by atoms with E-state index in [1.165, 1.54) is 24.8 Å². The highest BCUT2D eigenvalue weighted by Gasteiger charge is 2.27. The van der Waals surface area contributed by atoms with Gasteiger partial charge in [0.25, 0.3) is 5.91 Å². The minimum atomic E-state index is -0.246. The molecule has 0 spiro atoms. The maximum absolute atomic E-state index is 12.3. The first kappa shape index (κ1) is 15.1. The fourth-order valence-corrected chi connectivity index (χ4v) is 3.50. The summed E-state index contributed by atoms with van der Waals surface area (Å²) in [5.74, 6) is 0.297. The van der Waals surface area contributed by atoms with Crippen molar-refractivity contribution in [2.75, 3.05) is 0 Å². The number of hydrogen-bond donors (Lipinski definition) is 2. The van der Waals surface area contributed by atoms with Gasteiger partial charge in [0.1, 0.15) is 0 Å². The summed E-state index contributed by atoms with van der Waals surface area (Å²) in [6.07, 6.45) is 7.23. The fourth-order valence-electron chi connectivity index (χ4n) is 3.50. The Morgan fingerprint density at radius 2 is 1.68 bits per heavy atom. The van der Waals surface area contributed by atoms with Crippen molar-refractivity contribution in [2.24, 2.45) is 11.7 Å². The average molecular weight is 300 g/mol. The van der Waals surface area contributed by atoms with Crippen LogP contribution in [0, 0.1) is 5.92 Å². The van der Waals surface area contributed by atoms with Gasteiger partial charge >= 0.3 is 0 Å². The third-order valence-electron chi connectivity index (χ3n) is 5.16. The van der Waals surface area contributed by atoms with E-state index in [2.05, 4.69) is 17.4 Å². The van der Waals surface area contributed by atoms with E-state index in [-0.39, 0.29) is 23.8 Å². The van der Waals surface area contributed by atoms with Crippen molar-refractivity contribution >= 4 is 11.8 Å². The van der Waals surface area contributed by atoms with Gasteiger partial charge < -0.3 is 11.1 Å². The summed E-state index contributed by atoms with van der Waals surface area (Å²) in [7, 11) is 0. The minimum absolute atomic E-state index is 0.0460. The predicted octanol–water partition coefficient (Wildman–Crippen LogP) is 2.73. The number of nitrogens with two attached hydrogens (primary N) is 1. The van der Waals surface area contributed by atoms with Crippen molar-refractivity contribution in [1.82, 2.24) is 5.32 Å². The van der Waals surface area contributed by atoms with Crippen LogP contribution in [0.2, 0.25) is 0 Å². The zero-order chi connectivity index (χ0) is 15.5. The fraction of sp³-hybridized carbons (Fsp3) is 0.556. The third-order valence-corrected chi connectivity index (χ3v) is 5.16. The molecular weight excluding hydrogens is 276 g/mol. The summed E-state index contributed by atoms with van der Waals surface area (Å²) in [4.78, 5) is 23.6. The smallest absolute Gasteiger partial charge is 0.251 e. The van der Waals surface area contributed by atoms with Gasteiger partial charge in [-0.1, -0.05) is 25.0 Å². The Bertz CT molecular complexity index is 549. The summed E-state index contributed by atoms with van der Waals surface area (Å²) >= 11 is 0. The first-order valence-corrected chi connectivity index (χ1v) is 8.33. The number of nitrogens with one attached hydrogen (secondary N) is 1. The van der Waals surface area contributed by atoms with Crippen LogP contribution in [0.15, 0.2) is 24.3 Å². The number of primary amides is 1. The highest BCUT2D eigenvalue weighted by atomic mass is 16.2. The summed E-state index contributed by atoms with van der Waals surface area (Å²) < 4.78 is 0. The molecule has 118 valence electrons. The highest BCUT2D eigenvalue weighted by molar-refractivity contribution is 5.94. The number of benzene rings is 1. The molecule has 0 aromatic heterocycles. The predicted molar refractivity (Wildman–Crippen MR) is 85.4 cm³/mol. The molecule has 22 heavy (non-hydrogen) atoms. The van der Waals surface area contributed by atoms with Gasteiger partial charge in [0, 0.05) is 17.5 Å². The van der Waals surface area contributed by atoms with E-state index >= 15 is 0 Å². The van der Waals surface area contributed by atoms with E-state index in [4.69, 9.17) is 5.73 Å². The van der Waals surface area contributed by atoms with E-state index in [1.807, 2.05) is 12.1 Å². The molecule has 2 unspecified atom stereocenters.